The molecule has 0 amide bonds. The van der Waals surface area contributed by atoms with E-state index in [1.54, 1.807) is 18.9 Å². The molecule has 1 aliphatic rings. The van der Waals surface area contributed by atoms with Crippen molar-refractivity contribution in [1.82, 2.24) is 4.90 Å². The second-order valence-electron chi connectivity index (χ2n) is 6.52. The van der Waals surface area contributed by atoms with Crippen molar-refractivity contribution in [2.24, 2.45) is 0 Å². The van der Waals surface area contributed by atoms with E-state index < -0.39 is 6.10 Å². The van der Waals surface area contributed by atoms with Crippen molar-refractivity contribution >= 4 is 34.7 Å². The molecule has 1 heterocycles. The molecule has 26 heavy (non-hydrogen) atoms. The van der Waals surface area contributed by atoms with Crippen LogP contribution in [0.3, 0.4) is 0 Å². The van der Waals surface area contributed by atoms with Crippen molar-refractivity contribution < 1.29 is 9.84 Å². The van der Waals surface area contributed by atoms with Gasteiger partial charge in [0.05, 0.1) is 18.0 Å². The average molecular weight is 389 g/mol. The molecule has 4 nitrogen and oxygen atoms in total. The highest BCUT2D eigenvalue weighted by Gasteiger charge is 2.34. The molecular weight excluding hydrogens is 364 g/mol. The molecule has 3 rings (SSSR count). The first kappa shape index (κ1) is 19.2. The van der Waals surface area contributed by atoms with Gasteiger partial charge >= 0.3 is 0 Å². The number of thiocarbonyl (C=S) groups is 1. The number of likely N-dealkylation sites (N-methyl/N-ethyl adjacent to an activating group) is 1. The lowest BCUT2D eigenvalue weighted by molar-refractivity contribution is 0.239. The van der Waals surface area contributed by atoms with Crippen molar-refractivity contribution in [2.75, 3.05) is 39.2 Å². The quantitative estimate of drug-likeness (QED) is 0.789. The first-order valence-electron chi connectivity index (χ1n) is 8.55. The molecule has 2 aromatic rings. The van der Waals surface area contributed by atoms with Gasteiger partial charge in [-0.1, -0.05) is 36.5 Å². The Kier molecular flexibility index (Phi) is 6.19. The Morgan fingerprint density at radius 2 is 1.85 bits per heavy atom. The van der Waals surface area contributed by atoms with E-state index >= 15 is 0 Å². The van der Waals surface area contributed by atoms with Crippen LogP contribution in [0.15, 0.2) is 53.4 Å². The minimum Gasteiger partial charge on any atom is -0.497 e. The predicted molar refractivity (Wildman–Crippen MR) is 113 cm³/mol. The summed E-state index contributed by atoms with van der Waals surface area (Å²) in [5.74, 6) is 0.803. The van der Waals surface area contributed by atoms with Gasteiger partial charge in [-0.05, 0) is 43.9 Å². The molecule has 1 N–H and O–H groups in total. The maximum atomic E-state index is 11.1. The van der Waals surface area contributed by atoms with Crippen LogP contribution >= 0.6 is 24.0 Å². The molecule has 6 heteroatoms. The van der Waals surface area contributed by atoms with Crippen LogP contribution in [0.4, 0.5) is 5.69 Å². The summed E-state index contributed by atoms with van der Waals surface area (Å²) in [6, 6.07) is 16.1. The molecule has 0 saturated carbocycles. The highest BCUT2D eigenvalue weighted by atomic mass is 32.2. The second-order valence-corrected chi connectivity index (χ2v) is 8.12. The number of rotatable bonds is 5. The fraction of sp³-hybridized carbons (Fsp3) is 0.350. The van der Waals surface area contributed by atoms with Crippen LogP contribution in [0.2, 0.25) is 0 Å². The van der Waals surface area contributed by atoms with E-state index in [1.807, 2.05) is 50.5 Å². The number of benzene rings is 2. The minimum atomic E-state index is -0.738. The number of hydrogen-bond donors (Lipinski definition) is 1. The third-order valence-electron chi connectivity index (χ3n) is 4.43. The number of fused-ring (bicyclic) bond motifs is 1. The van der Waals surface area contributed by atoms with E-state index in [0.29, 0.717) is 4.99 Å². The first-order chi connectivity index (χ1) is 12.5. The number of ether oxygens (including phenoxy) is 1. The minimum absolute atomic E-state index is 0.154. The Bertz CT molecular complexity index is 765. The van der Waals surface area contributed by atoms with Crippen LogP contribution in [0.1, 0.15) is 10.8 Å². The summed E-state index contributed by atoms with van der Waals surface area (Å²) in [4.78, 5) is 5.90. The van der Waals surface area contributed by atoms with Crippen molar-refractivity contribution in [3.8, 4) is 5.75 Å². The number of thioether (sulfide) groups is 1. The van der Waals surface area contributed by atoms with E-state index in [-0.39, 0.29) is 5.25 Å². The summed E-state index contributed by atoms with van der Waals surface area (Å²) in [5, 5.41) is 10.9. The SMILES string of the molecule is COc1ccc([C@@H]2Sc3ccccc3N(CCN(C)C)C(=S)[C@@H]2O)cc1. The van der Waals surface area contributed by atoms with E-state index in [9.17, 15) is 5.11 Å². The number of nitrogens with zero attached hydrogens (tertiary/aromatic N) is 2. The van der Waals surface area contributed by atoms with Crippen LogP contribution in [-0.4, -0.2) is 55.4 Å². The number of methoxy groups -OCH3 is 1. The molecule has 0 aliphatic carbocycles. The van der Waals surface area contributed by atoms with Crippen LogP contribution in [0, 0.1) is 0 Å². The normalized spacial score (nSPS) is 20.0. The number of aliphatic hydroxyl groups excluding tert-OH is 1. The fourth-order valence-electron chi connectivity index (χ4n) is 2.96. The van der Waals surface area contributed by atoms with Gasteiger partial charge in [-0.2, -0.15) is 0 Å². The van der Waals surface area contributed by atoms with Gasteiger partial charge in [-0.3, -0.25) is 0 Å². The largest absolute Gasteiger partial charge is 0.497 e. The Morgan fingerprint density at radius 3 is 2.50 bits per heavy atom. The lowest BCUT2D eigenvalue weighted by atomic mass is 10.1. The maximum Gasteiger partial charge on any atom is 0.121 e. The van der Waals surface area contributed by atoms with E-state index in [4.69, 9.17) is 17.0 Å². The Hall–Kier alpha value is -1.60. The molecular formula is C20H24N2O2S2. The van der Waals surface area contributed by atoms with Gasteiger partial charge in [-0.15, -0.1) is 11.8 Å². The highest BCUT2D eigenvalue weighted by molar-refractivity contribution is 8.00. The third-order valence-corrected chi connectivity index (χ3v) is 6.28. The molecule has 0 bridgehead atoms. The summed E-state index contributed by atoms with van der Waals surface area (Å²) in [5.41, 5.74) is 2.11. The molecule has 138 valence electrons. The summed E-state index contributed by atoms with van der Waals surface area (Å²) in [6.07, 6.45) is -0.738. The van der Waals surface area contributed by atoms with Crippen LogP contribution < -0.4 is 9.64 Å². The summed E-state index contributed by atoms with van der Waals surface area (Å²) in [7, 11) is 5.73. The van der Waals surface area contributed by atoms with Gasteiger partial charge in [0.15, 0.2) is 0 Å². The molecule has 2 aromatic carbocycles. The van der Waals surface area contributed by atoms with Gasteiger partial charge in [0.1, 0.15) is 16.8 Å². The molecule has 2 atom stereocenters. The van der Waals surface area contributed by atoms with Gasteiger partial charge < -0.3 is 19.6 Å². The van der Waals surface area contributed by atoms with E-state index in [2.05, 4.69) is 21.9 Å². The van der Waals surface area contributed by atoms with Crippen molar-refractivity contribution in [2.45, 2.75) is 16.2 Å². The summed E-state index contributed by atoms with van der Waals surface area (Å²) < 4.78 is 5.25. The standard InChI is InChI=1S/C20H24N2O2S2/c1-21(2)12-13-22-16-6-4-5-7-17(16)26-19(18(23)20(22)25)14-8-10-15(24-3)11-9-14/h4-11,18-19,23H,12-13H2,1-3H3/t18-,19+/m1/s1. The van der Waals surface area contributed by atoms with Crippen molar-refractivity contribution in [3.05, 3.63) is 54.1 Å². The monoisotopic (exact) mass is 388 g/mol. The molecule has 0 saturated heterocycles. The Morgan fingerprint density at radius 1 is 1.15 bits per heavy atom. The Balaban J connectivity index is 1.97. The van der Waals surface area contributed by atoms with Crippen LogP contribution in [0.5, 0.6) is 5.75 Å². The van der Waals surface area contributed by atoms with E-state index in [0.717, 1.165) is 35.0 Å². The van der Waals surface area contributed by atoms with Gasteiger partial charge in [0, 0.05) is 18.0 Å². The van der Waals surface area contributed by atoms with E-state index in [1.165, 1.54) is 0 Å². The first-order valence-corrected chi connectivity index (χ1v) is 9.84. The van der Waals surface area contributed by atoms with Crippen LogP contribution in [-0.2, 0) is 0 Å². The smallest absolute Gasteiger partial charge is 0.121 e. The molecule has 0 fully saturated rings. The number of hydrogen-bond acceptors (Lipinski definition) is 5. The molecule has 1 aliphatic heterocycles. The number of anilines is 1. The van der Waals surface area contributed by atoms with Crippen molar-refractivity contribution in [3.63, 3.8) is 0 Å². The molecule has 0 spiro atoms. The summed E-state index contributed by atoms with van der Waals surface area (Å²) in [6.45, 7) is 1.61. The lowest BCUT2D eigenvalue weighted by Crippen LogP contribution is -2.42. The zero-order valence-electron chi connectivity index (χ0n) is 15.3. The molecule has 0 radical (unpaired) electrons. The van der Waals surface area contributed by atoms with Crippen molar-refractivity contribution in [1.29, 1.82) is 0 Å². The predicted octanol–water partition coefficient (Wildman–Crippen LogP) is 3.60. The summed E-state index contributed by atoms with van der Waals surface area (Å²) >= 11 is 7.37. The topological polar surface area (TPSA) is 35.9 Å². The number of para-hydroxylation sites is 1. The van der Waals surface area contributed by atoms with Gasteiger partial charge in [-0.25, -0.2) is 0 Å². The van der Waals surface area contributed by atoms with Crippen LogP contribution in [0.25, 0.3) is 0 Å². The zero-order valence-corrected chi connectivity index (χ0v) is 16.9. The molecule has 0 aromatic heterocycles. The maximum absolute atomic E-state index is 11.1. The Labute approximate surface area is 164 Å². The second kappa shape index (κ2) is 8.39. The fourth-order valence-corrected chi connectivity index (χ4v) is 4.66. The average Bonchev–Trinajstić information content (AvgIpc) is 2.76. The zero-order chi connectivity index (χ0) is 18.7. The lowest BCUT2D eigenvalue weighted by Gasteiger charge is -2.29. The van der Waals surface area contributed by atoms with Gasteiger partial charge in [0.25, 0.3) is 0 Å². The number of aliphatic hydroxyl groups is 1. The highest BCUT2D eigenvalue weighted by Crippen LogP contribution is 2.46. The molecule has 0 unspecified atom stereocenters. The van der Waals surface area contributed by atoms with Gasteiger partial charge in [0.2, 0.25) is 0 Å². The third kappa shape index (κ3) is 4.04.